The fourth-order valence-electron chi connectivity index (χ4n) is 1.40. The predicted molar refractivity (Wildman–Crippen MR) is 61.6 cm³/mol. The summed E-state index contributed by atoms with van der Waals surface area (Å²) in [6, 6.07) is 0. The van der Waals surface area contributed by atoms with E-state index >= 15 is 0 Å². The number of nitrogens with zero attached hydrogens (tertiary/aromatic N) is 1. The van der Waals surface area contributed by atoms with Crippen molar-refractivity contribution >= 4 is 11.9 Å². The number of hydrogen-bond acceptors (Lipinski definition) is 4. The van der Waals surface area contributed by atoms with Crippen LogP contribution in [-0.2, 0) is 14.3 Å². The molecule has 0 bridgehead atoms. The Kier molecular flexibility index (Phi) is 3.72. The van der Waals surface area contributed by atoms with E-state index in [0.717, 1.165) is 4.90 Å². The molecular weight excluding hydrogens is 222 g/mol. The summed E-state index contributed by atoms with van der Waals surface area (Å²) in [7, 11) is 0. The molecule has 1 unspecified atom stereocenters. The molecule has 5 nitrogen and oxygen atoms in total. The van der Waals surface area contributed by atoms with E-state index in [-0.39, 0.29) is 0 Å². The van der Waals surface area contributed by atoms with Crippen molar-refractivity contribution in [2.24, 2.45) is 0 Å². The molecule has 5 heteroatoms. The molecule has 1 N–H and O–H groups in total. The number of aliphatic hydroxyl groups is 1. The van der Waals surface area contributed by atoms with Crippen LogP contribution in [0.25, 0.3) is 0 Å². The standard InChI is InChI=1S/C12H17NO4/c1-5-6-8-7-9(14)13(8)10(15)11(16)17-12(2,3)4/h5,7,10,15H,1,6H2,2-4H3. The number of hydrogen-bond donors (Lipinski definition) is 1. The molecule has 0 spiro atoms. The van der Waals surface area contributed by atoms with Gasteiger partial charge in [0.2, 0.25) is 6.23 Å². The molecule has 0 saturated heterocycles. The fraction of sp³-hybridized carbons (Fsp3) is 0.500. The number of amides is 1. The van der Waals surface area contributed by atoms with Crippen molar-refractivity contribution in [1.29, 1.82) is 0 Å². The van der Waals surface area contributed by atoms with Gasteiger partial charge >= 0.3 is 5.97 Å². The van der Waals surface area contributed by atoms with Crippen LogP contribution in [0.1, 0.15) is 27.2 Å². The van der Waals surface area contributed by atoms with Crippen molar-refractivity contribution < 1.29 is 19.4 Å². The Morgan fingerprint density at radius 2 is 2.24 bits per heavy atom. The lowest BCUT2D eigenvalue weighted by Gasteiger charge is -2.34. The van der Waals surface area contributed by atoms with Crippen molar-refractivity contribution in [1.82, 2.24) is 4.90 Å². The van der Waals surface area contributed by atoms with Crippen LogP contribution >= 0.6 is 0 Å². The molecule has 0 radical (unpaired) electrons. The molecule has 0 saturated carbocycles. The second-order valence-electron chi connectivity index (χ2n) is 4.74. The normalized spacial score (nSPS) is 17.1. The minimum Gasteiger partial charge on any atom is -0.457 e. The Labute approximate surface area is 100 Å². The van der Waals surface area contributed by atoms with E-state index in [1.54, 1.807) is 26.8 Å². The van der Waals surface area contributed by atoms with Gasteiger partial charge in [0.05, 0.1) is 0 Å². The van der Waals surface area contributed by atoms with Gasteiger partial charge in [0.25, 0.3) is 5.91 Å². The average Bonchev–Trinajstić information content (AvgIpc) is 2.14. The average molecular weight is 239 g/mol. The molecule has 0 aromatic carbocycles. The van der Waals surface area contributed by atoms with E-state index in [9.17, 15) is 14.7 Å². The molecule has 1 aliphatic heterocycles. The highest BCUT2D eigenvalue weighted by molar-refractivity contribution is 5.98. The number of esters is 1. The Morgan fingerprint density at radius 3 is 2.65 bits per heavy atom. The maximum atomic E-state index is 11.6. The maximum Gasteiger partial charge on any atom is 0.357 e. The Morgan fingerprint density at radius 1 is 1.65 bits per heavy atom. The van der Waals surface area contributed by atoms with Crippen molar-refractivity contribution in [3.8, 4) is 0 Å². The third-order valence-electron chi connectivity index (χ3n) is 2.05. The van der Waals surface area contributed by atoms with Crippen LogP contribution in [0.2, 0.25) is 0 Å². The molecule has 0 fully saturated rings. The molecule has 1 heterocycles. The van der Waals surface area contributed by atoms with Gasteiger partial charge in [-0.05, 0) is 20.8 Å². The first-order valence-electron chi connectivity index (χ1n) is 5.32. The van der Waals surface area contributed by atoms with Gasteiger partial charge in [-0.1, -0.05) is 6.08 Å². The minimum absolute atomic E-state index is 0.403. The summed E-state index contributed by atoms with van der Waals surface area (Å²) < 4.78 is 5.00. The van der Waals surface area contributed by atoms with Crippen LogP contribution in [0.5, 0.6) is 0 Å². The summed E-state index contributed by atoms with van der Waals surface area (Å²) in [4.78, 5) is 23.9. The lowest BCUT2D eigenvalue weighted by Crippen LogP contribution is -2.50. The van der Waals surface area contributed by atoms with Crippen LogP contribution in [0.4, 0.5) is 0 Å². The van der Waals surface area contributed by atoms with E-state index < -0.39 is 23.7 Å². The van der Waals surface area contributed by atoms with Crippen LogP contribution in [0.3, 0.4) is 0 Å². The Hall–Kier alpha value is -1.62. The largest absolute Gasteiger partial charge is 0.457 e. The van der Waals surface area contributed by atoms with E-state index in [0.29, 0.717) is 12.1 Å². The Bertz CT molecular complexity index is 378. The second-order valence-corrected chi connectivity index (χ2v) is 4.74. The second kappa shape index (κ2) is 4.71. The van der Waals surface area contributed by atoms with Gasteiger partial charge < -0.3 is 9.84 Å². The first-order chi connectivity index (χ1) is 7.76. The molecule has 0 aliphatic carbocycles. The number of ether oxygens (including phenoxy) is 1. The Balaban J connectivity index is 2.68. The molecule has 1 rings (SSSR count). The third kappa shape index (κ3) is 3.17. The topological polar surface area (TPSA) is 66.8 Å². The highest BCUT2D eigenvalue weighted by atomic mass is 16.6. The quantitative estimate of drug-likeness (QED) is 0.586. The molecular formula is C12H17NO4. The summed E-state index contributed by atoms with van der Waals surface area (Å²) in [6.07, 6.45) is 1.79. The van der Waals surface area contributed by atoms with Crippen LogP contribution < -0.4 is 0 Å². The SMILES string of the molecule is C=CCC1=CC(=O)N1C(O)C(=O)OC(C)(C)C. The zero-order chi connectivity index (χ0) is 13.2. The summed E-state index contributed by atoms with van der Waals surface area (Å²) >= 11 is 0. The first kappa shape index (κ1) is 13.4. The summed E-state index contributed by atoms with van der Waals surface area (Å²) in [5.74, 6) is -1.24. The van der Waals surface area contributed by atoms with Gasteiger partial charge in [-0.3, -0.25) is 9.69 Å². The first-order valence-corrected chi connectivity index (χ1v) is 5.32. The minimum atomic E-state index is -1.58. The lowest BCUT2D eigenvalue weighted by molar-refractivity contribution is -0.178. The van der Waals surface area contributed by atoms with E-state index in [2.05, 4.69) is 6.58 Å². The number of carbonyl (C=O) groups is 2. The van der Waals surface area contributed by atoms with Gasteiger partial charge in [0.15, 0.2) is 0 Å². The molecule has 0 aromatic rings. The van der Waals surface area contributed by atoms with Gasteiger partial charge in [-0.2, -0.15) is 0 Å². The van der Waals surface area contributed by atoms with Crippen LogP contribution in [0.15, 0.2) is 24.4 Å². The van der Waals surface area contributed by atoms with Gasteiger partial charge in [0.1, 0.15) is 5.60 Å². The number of rotatable bonds is 4. The molecule has 1 amide bonds. The molecule has 1 aliphatic rings. The summed E-state index contributed by atoms with van der Waals surface area (Å²) in [6.45, 7) is 8.60. The fourth-order valence-corrected chi connectivity index (χ4v) is 1.40. The number of allylic oxidation sites excluding steroid dienone is 1. The highest BCUT2D eigenvalue weighted by Crippen LogP contribution is 2.24. The van der Waals surface area contributed by atoms with Gasteiger partial charge in [-0.25, -0.2) is 4.79 Å². The zero-order valence-electron chi connectivity index (χ0n) is 10.3. The van der Waals surface area contributed by atoms with Crippen molar-refractivity contribution in [3.63, 3.8) is 0 Å². The number of carbonyl (C=O) groups excluding carboxylic acids is 2. The maximum absolute atomic E-state index is 11.6. The molecule has 94 valence electrons. The van der Waals surface area contributed by atoms with Gasteiger partial charge in [0, 0.05) is 18.2 Å². The van der Waals surface area contributed by atoms with Crippen LogP contribution in [0, 0.1) is 0 Å². The smallest absolute Gasteiger partial charge is 0.357 e. The van der Waals surface area contributed by atoms with Gasteiger partial charge in [-0.15, -0.1) is 6.58 Å². The lowest BCUT2D eigenvalue weighted by atomic mass is 10.1. The van der Waals surface area contributed by atoms with E-state index in [4.69, 9.17) is 4.74 Å². The monoisotopic (exact) mass is 239 g/mol. The summed E-state index contributed by atoms with van der Waals surface area (Å²) in [5.41, 5.74) is -0.141. The van der Waals surface area contributed by atoms with E-state index in [1.165, 1.54) is 6.08 Å². The zero-order valence-corrected chi connectivity index (χ0v) is 10.3. The van der Waals surface area contributed by atoms with Crippen LogP contribution in [-0.4, -0.2) is 33.7 Å². The van der Waals surface area contributed by atoms with Crippen molar-refractivity contribution in [2.45, 2.75) is 39.0 Å². The molecule has 1 atom stereocenters. The van der Waals surface area contributed by atoms with Crippen molar-refractivity contribution in [3.05, 3.63) is 24.4 Å². The summed E-state index contributed by atoms with van der Waals surface area (Å²) in [5, 5.41) is 9.72. The number of aliphatic hydroxyl groups excluding tert-OH is 1. The highest BCUT2D eigenvalue weighted by Gasteiger charge is 2.37. The molecule has 17 heavy (non-hydrogen) atoms. The third-order valence-corrected chi connectivity index (χ3v) is 2.05. The van der Waals surface area contributed by atoms with E-state index in [1.807, 2.05) is 0 Å². The van der Waals surface area contributed by atoms with Crippen molar-refractivity contribution in [2.75, 3.05) is 0 Å². The molecule has 0 aromatic heterocycles. The predicted octanol–water partition coefficient (Wildman–Crippen LogP) is 0.949.